The minimum Gasteiger partial charge on any atom is -0.292 e. The molecule has 0 bridgehead atoms. The van der Waals surface area contributed by atoms with Gasteiger partial charge in [-0.05, 0) is 0 Å². The van der Waals surface area contributed by atoms with Crippen LogP contribution in [0.3, 0.4) is 0 Å². The highest BCUT2D eigenvalue weighted by Gasteiger charge is 2.25. The highest BCUT2D eigenvalue weighted by molar-refractivity contribution is 7.92. The van der Waals surface area contributed by atoms with E-state index in [4.69, 9.17) is 0 Å². The molecule has 0 heterocycles. The van der Waals surface area contributed by atoms with Crippen molar-refractivity contribution in [3.63, 3.8) is 0 Å². The molecule has 7 heteroatoms. The molecule has 0 fully saturated rings. The summed E-state index contributed by atoms with van der Waals surface area (Å²) in [6.07, 6.45) is 0. The molecule has 0 N–H and O–H groups in total. The van der Waals surface area contributed by atoms with Gasteiger partial charge in [0.15, 0.2) is 27.2 Å². The molecule has 0 amide bonds. The van der Waals surface area contributed by atoms with Gasteiger partial charge < -0.3 is 0 Å². The quantitative estimate of drug-likeness (QED) is 0.550. The molecule has 0 atom stereocenters. The molecule has 5 nitrogen and oxygen atoms in total. The van der Waals surface area contributed by atoms with Gasteiger partial charge in [-0.3, -0.25) is 4.79 Å². The monoisotopic (exact) mass is 248 g/mol. The van der Waals surface area contributed by atoms with E-state index < -0.39 is 31.8 Å². The van der Waals surface area contributed by atoms with Gasteiger partial charge in [-0.2, -0.15) is 0 Å². The van der Waals surface area contributed by atoms with E-state index in [0.29, 0.717) is 0 Å². The van der Waals surface area contributed by atoms with Gasteiger partial charge in [-0.25, -0.2) is 16.8 Å². The summed E-state index contributed by atoms with van der Waals surface area (Å²) in [5, 5.41) is 0. The van der Waals surface area contributed by atoms with Crippen LogP contribution in [-0.4, -0.2) is 27.2 Å². The summed E-state index contributed by atoms with van der Waals surface area (Å²) in [6, 6.07) is 7.43. The second kappa shape index (κ2) is 5.04. The van der Waals surface area contributed by atoms with Gasteiger partial charge >= 0.3 is 0 Å². The van der Waals surface area contributed by atoms with Crippen LogP contribution in [0.15, 0.2) is 30.3 Å². The Hall–Kier alpha value is -1.21. The van der Waals surface area contributed by atoms with Crippen molar-refractivity contribution in [2.45, 2.75) is 4.58 Å². The van der Waals surface area contributed by atoms with E-state index in [1.807, 2.05) is 0 Å². The van der Waals surface area contributed by atoms with E-state index in [9.17, 15) is 21.6 Å². The molecule has 0 saturated carbocycles. The molecule has 0 spiro atoms. The van der Waals surface area contributed by atoms with Crippen molar-refractivity contribution in [1.82, 2.24) is 0 Å². The van der Waals surface area contributed by atoms with Crippen molar-refractivity contribution in [1.29, 1.82) is 0 Å². The lowest BCUT2D eigenvalue weighted by Gasteiger charge is -2.01. The average molecular weight is 248 g/mol. The highest BCUT2D eigenvalue weighted by atomic mass is 32.2. The summed E-state index contributed by atoms with van der Waals surface area (Å²) in [5.74, 6) is -0.914. The second-order valence-corrected chi connectivity index (χ2v) is 5.26. The number of Topliss-reactive ketones (excluding diaryl/α,β-unsaturated/α-hetero) is 1. The van der Waals surface area contributed by atoms with Crippen LogP contribution in [0.4, 0.5) is 0 Å². The van der Waals surface area contributed by atoms with Crippen LogP contribution in [0.1, 0.15) is 10.4 Å². The van der Waals surface area contributed by atoms with Crippen molar-refractivity contribution in [3.05, 3.63) is 35.9 Å². The molecule has 0 radical (unpaired) electrons. The molecule has 0 unspecified atom stereocenters. The van der Waals surface area contributed by atoms with Gasteiger partial charge in [0, 0.05) is 5.56 Å². The molecule has 0 saturated heterocycles. The Morgan fingerprint density at radius 2 is 1.40 bits per heavy atom. The van der Waals surface area contributed by atoms with E-state index >= 15 is 0 Å². The fraction of sp³-hybridized carbons (Fsp3) is 0.125. The number of benzene rings is 1. The zero-order valence-corrected chi connectivity index (χ0v) is 9.19. The normalized spacial score (nSPS) is 11.1. The van der Waals surface area contributed by atoms with Gasteiger partial charge in [0.05, 0.1) is 0 Å². The fourth-order valence-electron chi connectivity index (χ4n) is 1.02. The van der Waals surface area contributed by atoms with Crippen molar-refractivity contribution in [2.75, 3.05) is 0 Å². The highest BCUT2D eigenvalue weighted by Crippen LogP contribution is 2.06. The number of carbonyl (C=O) groups is 1. The van der Waals surface area contributed by atoms with Crippen LogP contribution in [0.25, 0.3) is 0 Å². The third-order valence-electron chi connectivity index (χ3n) is 1.69. The number of ketones is 1. The molecular formula is C8H8O5S2. The maximum Gasteiger partial charge on any atom is 0.220 e. The number of hydrogen-bond donors (Lipinski definition) is 2. The SMILES string of the molecule is O=C(c1ccccc1)C([SH](=O)=O)[SH](=O)=O. The Bertz CT molecular complexity index is 463. The predicted molar refractivity (Wildman–Crippen MR) is 55.2 cm³/mol. The zero-order valence-electron chi connectivity index (χ0n) is 7.40. The Morgan fingerprint density at radius 3 is 1.80 bits per heavy atom. The van der Waals surface area contributed by atoms with Crippen molar-refractivity contribution in [2.24, 2.45) is 0 Å². The number of carbonyl (C=O) groups excluding carboxylic acids is 1. The van der Waals surface area contributed by atoms with Crippen LogP contribution in [0, 0.1) is 0 Å². The summed E-state index contributed by atoms with van der Waals surface area (Å²) >= 11 is 0. The van der Waals surface area contributed by atoms with E-state index in [-0.39, 0.29) is 5.56 Å². The summed E-state index contributed by atoms with van der Waals surface area (Å²) in [6.45, 7) is 0. The third-order valence-corrected chi connectivity index (χ3v) is 4.09. The minimum atomic E-state index is -3.31. The smallest absolute Gasteiger partial charge is 0.220 e. The average Bonchev–Trinajstić information content (AvgIpc) is 2.18. The topological polar surface area (TPSA) is 85.3 Å². The van der Waals surface area contributed by atoms with Crippen LogP contribution < -0.4 is 0 Å². The molecule has 15 heavy (non-hydrogen) atoms. The van der Waals surface area contributed by atoms with E-state index in [2.05, 4.69) is 0 Å². The summed E-state index contributed by atoms with van der Waals surface area (Å²) < 4.78 is 40.4. The second-order valence-electron chi connectivity index (χ2n) is 2.67. The summed E-state index contributed by atoms with van der Waals surface area (Å²) in [5.41, 5.74) is 0.0703. The molecule has 0 aliphatic heterocycles. The molecular weight excluding hydrogens is 240 g/mol. The lowest BCUT2D eigenvalue weighted by atomic mass is 10.1. The van der Waals surface area contributed by atoms with E-state index in [0.717, 1.165) is 0 Å². The molecule has 1 aromatic rings. The largest absolute Gasteiger partial charge is 0.292 e. The predicted octanol–water partition coefficient (Wildman–Crippen LogP) is -0.582. The van der Waals surface area contributed by atoms with Crippen LogP contribution in [0.2, 0.25) is 0 Å². The number of rotatable bonds is 4. The lowest BCUT2D eigenvalue weighted by molar-refractivity contribution is 0.101. The van der Waals surface area contributed by atoms with Gasteiger partial charge in [-0.1, -0.05) is 30.3 Å². The molecule has 1 aromatic carbocycles. The van der Waals surface area contributed by atoms with E-state index in [1.165, 1.54) is 24.3 Å². The van der Waals surface area contributed by atoms with Crippen molar-refractivity contribution >= 4 is 27.2 Å². The standard InChI is InChI=1S/C8H8O5S2/c9-7(6-4-2-1-3-5-6)8(14(10)11)15(12)13/h1-5,8,14-15H. The first-order valence-corrected chi connectivity index (χ1v) is 6.39. The Labute approximate surface area is 89.6 Å². The summed E-state index contributed by atoms with van der Waals surface area (Å²) in [4.78, 5) is 11.5. The van der Waals surface area contributed by atoms with Crippen LogP contribution in [0.5, 0.6) is 0 Å². The van der Waals surface area contributed by atoms with Crippen LogP contribution in [-0.2, 0) is 21.4 Å². The first-order chi connectivity index (χ1) is 7.04. The maximum absolute atomic E-state index is 11.5. The van der Waals surface area contributed by atoms with Crippen molar-refractivity contribution < 1.29 is 21.6 Å². The lowest BCUT2D eigenvalue weighted by Crippen LogP contribution is -2.23. The Balaban J connectivity index is 3.13. The maximum atomic E-state index is 11.5. The third kappa shape index (κ3) is 2.87. The first kappa shape index (κ1) is 11.9. The first-order valence-electron chi connectivity index (χ1n) is 3.90. The zero-order chi connectivity index (χ0) is 11.4. The van der Waals surface area contributed by atoms with Crippen molar-refractivity contribution in [3.8, 4) is 0 Å². The molecule has 0 aliphatic rings. The fourth-order valence-corrected chi connectivity index (χ4v) is 2.32. The molecule has 82 valence electrons. The van der Waals surface area contributed by atoms with E-state index in [1.54, 1.807) is 6.07 Å². The van der Waals surface area contributed by atoms with Gasteiger partial charge in [0.25, 0.3) is 0 Å². The number of thiol groups is 2. The Kier molecular flexibility index (Phi) is 3.98. The van der Waals surface area contributed by atoms with Gasteiger partial charge in [0.1, 0.15) is 0 Å². The van der Waals surface area contributed by atoms with Gasteiger partial charge in [-0.15, -0.1) is 0 Å². The summed E-state index contributed by atoms with van der Waals surface area (Å²) in [7, 11) is -6.62. The minimum absolute atomic E-state index is 0.0703. The Morgan fingerprint density at radius 1 is 0.933 bits per heavy atom. The van der Waals surface area contributed by atoms with Crippen LogP contribution >= 0.6 is 0 Å². The molecule has 0 aromatic heterocycles. The molecule has 0 aliphatic carbocycles. The molecule has 1 rings (SSSR count). The number of hydrogen-bond acceptors (Lipinski definition) is 5. The van der Waals surface area contributed by atoms with Gasteiger partial charge in [0.2, 0.25) is 4.58 Å².